The Morgan fingerprint density at radius 2 is 1.56 bits per heavy atom. The summed E-state index contributed by atoms with van der Waals surface area (Å²) in [4.78, 5) is 33.4. The molecule has 0 radical (unpaired) electrons. The lowest BCUT2D eigenvalue weighted by Crippen LogP contribution is -2.45. The van der Waals surface area contributed by atoms with Crippen LogP contribution in [0.1, 0.15) is 52.0 Å². The van der Waals surface area contributed by atoms with Crippen LogP contribution in [0.2, 0.25) is 0 Å². The topological polar surface area (TPSA) is 95.4 Å². The predicted molar refractivity (Wildman–Crippen MR) is 166 cm³/mol. The number of aryl methyl sites for hydroxylation is 1. The molecule has 1 amide bonds. The minimum atomic E-state index is -0.482. The molecule has 2 aliphatic heterocycles. The average molecular weight is 593 g/mol. The first kappa shape index (κ1) is 30.8. The standard InChI is InChI=1S/C33H44N4O6/c1-33(2,3)43-32(39)37-15-10-24(11-16-37)42-23-8-13-36(14-9-23)21-28-29(40-5)17-22(18-30(28)41-6)27-20-35(4)31(38)26-19-34-12-7-25(26)27/h7,12,17-20,23-24H,8-11,13-16,21H2,1-6H3. The molecule has 232 valence electrons. The Bertz CT molecular complexity index is 1470. The second-order valence-electron chi connectivity index (χ2n) is 12.5. The van der Waals surface area contributed by atoms with Gasteiger partial charge < -0.3 is 28.4 Å². The second-order valence-corrected chi connectivity index (χ2v) is 12.5. The van der Waals surface area contributed by atoms with Crippen molar-refractivity contribution in [2.24, 2.45) is 7.05 Å². The minimum absolute atomic E-state index is 0.0824. The van der Waals surface area contributed by atoms with E-state index in [1.54, 1.807) is 43.1 Å². The van der Waals surface area contributed by atoms with E-state index in [1.165, 1.54) is 0 Å². The minimum Gasteiger partial charge on any atom is -0.496 e. The third-order valence-corrected chi connectivity index (χ3v) is 8.30. The molecule has 2 aliphatic rings. The first-order chi connectivity index (χ1) is 20.6. The van der Waals surface area contributed by atoms with Gasteiger partial charge in [0.25, 0.3) is 5.56 Å². The number of pyridine rings is 2. The van der Waals surface area contributed by atoms with Crippen molar-refractivity contribution in [3.05, 3.63) is 52.7 Å². The molecule has 0 saturated carbocycles. The van der Waals surface area contributed by atoms with Crippen LogP contribution >= 0.6 is 0 Å². The fraction of sp³-hybridized carbons (Fsp3) is 0.545. The van der Waals surface area contributed by atoms with Crippen molar-refractivity contribution in [2.45, 2.75) is 70.8 Å². The Hall–Kier alpha value is -3.63. The summed E-state index contributed by atoms with van der Waals surface area (Å²) in [5.41, 5.74) is 2.26. The summed E-state index contributed by atoms with van der Waals surface area (Å²) in [7, 11) is 5.11. The highest BCUT2D eigenvalue weighted by molar-refractivity contribution is 5.95. The summed E-state index contributed by atoms with van der Waals surface area (Å²) in [5, 5.41) is 1.41. The van der Waals surface area contributed by atoms with E-state index in [-0.39, 0.29) is 23.9 Å². The van der Waals surface area contributed by atoms with Crippen LogP contribution in [0.5, 0.6) is 11.5 Å². The van der Waals surface area contributed by atoms with Crippen LogP contribution in [-0.2, 0) is 23.1 Å². The predicted octanol–water partition coefficient (Wildman–Crippen LogP) is 5.00. The lowest BCUT2D eigenvalue weighted by Gasteiger charge is -2.37. The van der Waals surface area contributed by atoms with Gasteiger partial charge in [0.2, 0.25) is 0 Å². The van der Waals surface area contributed by atoms with Crippen LogP contribution in [0, 0.1) is 0 Å². The molecular formula is C33H44N4O6. The number of methoxy groups -OCH3 is 2. The van der Waals surface area contributed by atoms with Crippen molar-refractivity contribution >= 4 is 16.9 Å². The highest BCUT2D eigenvalue weighted by Gasteiger charge is 2.30. The molecule has 0 aliphatic carbocycles. The summed E-state index contributed by atoms with van der Waals surface area (Å²) in [6, 6.07) is 5.92. The molecule has 10 nitrogen and oxygen atoms in total. The van der Waals surface area contributed by atoms with E-state index in [0.29, 0.717) is 25.0 Å². The molecule has 10 heteroatoms. The maximum atomic E-state index is 12.7. The maximum Gasteiger partial charge on any atom is 0.410 e. The Morgan fingerprint density at radius 3 is 2.14 bits per heavy atom. The third kappa shape index (κ3) is 7.13. The van der Waals surface area contributed by atoms with E-state index in [9.17, 15) is 9.59 Å². The highest BCUT2D eigenvalue weighted by atomic mass is 16.6. The maximum absolute atomic E-state index is 12.7. The molecule has 2 fully saturated rings. The first-order valence-corrected chi connectivity index (χ1v) is 15.1. The van der Waals surface area contributed by atoms with Crippen molar-refractivity contribution in [2.75, 3.05) is 40.4 Å². The summed E-state index contributed by atoms with van der Waals surface area (Å²) in [5.74, 6) is 1.50. The van der Waals surface area contributed by atoms with Gasteiger partial charge in [-0.25, -0.2) is 4.79 Å². The van der Waals surface area contributed by atoms with Crippen molar-refractivity contribution in [3.8, 4) is 22.6 Å². The van der Waals surface area contributed by atoms with Gasteiger partial charge in [-0.15, -0.1) is 0 Å². The summed E-state index contributed by atoms with van der Waals surface area (Å²) < 4.78 is 25.4. The lowest BCUT2D eigenvalue weighted by molar-refractivity contribution is -0.0669. The Kier molecular flexibility index (Phi) is 9.27. The van der Waals surface area contributed by atoms with Crippen molar-refractivity contribution in [1.82, 2.24) is 19.4 Å². The van der Waals surface area contributed by atoms with E-state index in [0.717, 1.165) is 72.3 Å². The largest absolute Gasteiger partial charge is 0.496 e. The van der Waals surface area contributed by atoms with Gasteiger partial charge >= 0.3 is 6.09 Å². The van der Waals surface area contributed by atoms with Crippen LogP contribution in [0.4, 0.5) is 4.79 Å². The van der Waals surface area contributed by atoms with Gasteiger partial charge in [-0.3, -0.25) is 14.7 Å². The normalized spacial score (nSPS) is 17.3. The van der Waals surface area contributed by atoms with E-state index in [4.69, 9.17) is 18.9 Å². The molecule has 1 aromatic carbocycles. The lowest BCUT2D eigenvalue weighted by atomic mass is 9.98. The van der Waals surface area contributed by atoms with Crippen LogP contribution < -0.4 is 15.0 Å². The fourth-order valence-corrected chi connectivity index (χ4v) is 6.04. The van der Waals surface area contributed by atoms with Gasteiger partial charge in [-0.1, -0.05) is 0 Å². The molecular weight excluding hydrogens is 548 g/mol. The monoisotopic (exact) mass is 592 g/mol. The zero-order valence-corrected chi connectivity index (χ0v) is 26.2. The molecule has 0 unspecified atom stereocenters. The van der Waals surface area contributed by atoms with E-state index < -0.39 is 5.60 Å². The van der Waals surface area contributed by atoms with Crippen molar-refractivity contribution in [3.63, 3.8) is 0 Å². The molecule has 0 atom stereocenters. The van der Waals surface area contributed by atoms with Gasteiger partial charge in [-0.05, 0) is 75.6 Å². The smallest absolute Gasteiger partial charge is 0.410 e. The van der Waals surface area contributed by atoms with E-state index >= 15 is 0 Å². The molecule has 4 heterocycles. The summed E-state index contributed by atoms with van der Waals surface area (Å²) in [6.07, 6.45) is 8.89. The summed E-state index contributed by atoms with van der Waals surface area (Å²) in [6.45, 7) is 9.53. The number of aromatic nitrogens is 2. The number of hydrogen-bond acceptors (Lipinski definition) is 8. The third-order valence-electron chi connectivity index (χ3n) is 8.30. The Labute approximate surface area is 253 Å². The molecule has 0 N–H and O–H groups in total. The number of hydrogen-bond donors (Lipinski definition) is 0. The molecule has 2 aromatic heterocycles. The van der Waals surface area contributed by atoms with E-state index in [1.807, 2.05) is 45.2 Å². The number of likely N-dealkylation sites (tertiary alicyclic amines) is 2. The van der Waals surface area contributed by atoms with E-state index in [2.05, 4.69) is 9.88 Å². The average Bonchev–Trinajstić information content (AvgIpc) is 2.99. The molecule has 5 rings (SSSR count). The molecule has 0 bridgehead atoms. The van der Waals surface area contributed by atoms with Crippen molar-refractivity contribution < 1.29 is 23.7 Å². The van der Waals surface area contributed by atoms with Crippen LogP contribution in [-0.4, -0.2) is 83.7 Å². The quantitative estimate of drug-likeness (QED) is 0.379. The number of nitrogens with zero attached hydrogens (tertiary/aromatic N) is 4. The Morgan fingerprint density at radius 1 is 0.953 bits per heavy atom. The van der Waals surface area contributed by atoms with Gasteiger partial charge in [0.05, 0.1) is 37.4 Å². The zero-order chi connectivity index (χ0) is 30.7. The van der Waals surface area contributed by atoms with Gasteiger partial charge in [0.1, 0.15) is 17.1 Å². The molecule has 3 aromatic rings. The van der Waals surface area contributed by atoms with Crippen molar-refractivity contribution in [1.29, 1.82) is 0 Å². The molecule has 2 saturated heterocycles. The highest BCUT2D eigenvalue weighted by Crippen LogP contribution is 2.38. The number of amides is 1. The number of rotatable bonds is 7. The van der Waals surface area contributed by atoms with Gasteiger partial charge in [-0.2, -0.15) is 0 Å². The molecule has 43 heavy (non-hydrogen) atoms. The van der Waals surface area contributed by atoms with Gasteiger partial charge in [0, 0.05) is 63.9 Å². The first-order valence-electron chi connectivity index (χ1n) is 15.1. The number of carbonyl (C=O) groups is 1. The van der Waals surface area contributed by atoms with Crippen LogP contribution in [0.3, 0.4) is 0 Å². The SMILES string of the molecule is COc1cc(-c2cn(C)c(=O)c3cnccc23)cc(OC)c1CN1CCC(OC2CCN(C(=O)OC(C)(C)C)CC2)CC1. The number of benzene rings is 1. The van der Waals surface area contributed by atoms with Gasteiger partial charge in [0.15, 0.2) is 0 Å². The second kappa shape index (κ2) is 12.9. The van der Waals surface area contributed by atoms with Crippen LogP contribution in [0.15, 0.2) is 41.6 Å². The summed E-state index contributed by atoms with van der Waals surface area (Å²) >= 11 is 0. The fourth-order valence-electron chi connectivity index (χ4n) is 6.04. The molecule has 0 spiro atoms. The number of ether oxygens (including phenoxy) is 4. The number of piperidine rings is 2. The Balaban J connectivity index is 1.22. The number of fused-ring (bicyclic) bond motifs is 1. The zero-order valence-electron chi connectivity index (χ0n) is 26.2. The van der Waals surface area contributed by atoms with Crippen LogP contribution in [0.25, 0.3) is 21.9 Å². The number of carbonyl (C=O) groups excluding carboxylic acids is 1.